The van der Waals surface area contributed by atoms with E-state index in [4.69, 9.17) is 9.15 Å². The molecule has 196 valence electrons. The number of benzene rings is 2. The Morgan fingerprint density at radius 1 is 1.18 bits per heavy atom. The number of aryl methyl sites for hydroxylation is 1. The lowest BCUT2D eigenvalue weighted by Crippen LogP contribution is -2.40. The van der Waals surface area contributed by atoms with Crippen molar-refractivity contribution in [3.05, 3.63) is 105 Å². The van der Waals surface area contributed by atoms with Crippen molar-refractivity contribution in [1.29, 1.82) is 0 Å². The van der Waals surface area contributed by atoms with Gasteiger partial charge in [0.1, 0.15) is 28.8 Å². The summed E-state index contributed by atoms with van der Waals surface area (Å²) in [5.74, 6) is 1.41. The Morgan fingerprint density at radius 3 is 2.74 bits per heavy atom. The molecule has 0 radical (unpaired) electrons. The zero-order chi connectivity index (χ0) is 26.6. The number of fused-ring (bicyclic) bond motifs is 1. The molecule has 2 aromatic heterocycles. The van der Waals surface area contributed by atoms with Crippen LogP contribution in [-0.2, 0) is 24.4 Å². The molecular weight excluding hydrogens is 498 g/mol. The minimum Gasteiger partial charge on any atom is -0.486 e. The monoisotopic (exact) mass is 529 g/mol. The fourth-order valence-corrected chi connectivity index (χ4v) is 5.47. The van der Waals surface area contributed by atoms with Gasteiger partial charge in [0.2, 0.25) is 5.91 Å². The average Bonchev–Trinajstić information content (AvgIpc) is 3.63. The van der Waals surface area contributed by atoms with Gasteiger partial charge >= 0.3 is 0 Å². The first-order valence-corrected chi connectivity index (χ1v) is 13.6. The minimum absolute atomic E-state index is 0.143. The van der Waals surface area contributed by atoms with E-state index >= 15 is 0 Å². The van der Waals surface area contributed by atoms with Crippen LogP contribution in [0.3, 0.4) is 0 Å². The van der Waals surface area contributed by atoms with Crippen LogP contribution in [0.15, 0.2) is 70.7 Å². The number of carbonyl (C=O) groups excluding carboxylic acids is 2. The van der Waals surface area contributed by atoms with Gasteiger partial charge in [-0.05, 0) is 54.3 Å². The molecule has 0 saturated heterocycles. The standard InChI is InChI=1S/C30H31N3O4S/c1-4-28(34)33-14-13-21-11-12-23(16-25(21)29(33)22-9-7-20(2)8-10-22)37-18-27-31-26(19-38-27)30(35)32(3)17-24-6-5-15-36-24/h5-12,15-16,19,29H,4,13-14,17-18H2,1-3H3. The number of carbonyl (C=O) groups is 2. The SMILES string of the molecule is CCC(=O)N1CCc2ccc(OCc3nc(C(=O)N(C)Cc4ccco4)cs3)cc2C1c1ccc(C)cc1. The number of thiazole rings is 1. The lowest BCUT2D eigenvalue weighted by atomic mass is 9.87. The molecule has 8 heteroatoms. The summed E-state index contributed by atoms with van der Waals surface area (Å²) in [6.45, 7) is 5.30. The number of furan rings is 1. The quantitative estimate of drug-likeness (QED) is 0.289. The molecule has 0 N–H and O–H groups in total. The lowest BCUT2D eigenvalue weighted by molar-refractivity contribution is -0.132. The van der Waals surface area contributed by atoms with Crippen LogP contribution >= 0.6 is 11.3 Å². The normalized spacial score (nSPS) is 14.7. The predicted molar refractivity (Wildman–Crippen MR) is 146 cm³/mol. The fourth-order valence-electron chi connectivity index (χ4n) is 4.79. The third-order valence-corrected chi connectivity index (χ3v) is 7.64. The molecule has 2 aromatic carbocycles. The fraction of sp³-hybridized carbons (Fsp3) is 0.300. The molecule has 0 spiro atoms. The van der Waals surface area contributed by atoms with Crippen LogP contribution in [0.1, 0.15) is 62.9 Å². The van der Waals surface area contributed by atoms with Crippen LogP contribution in [0.2, 0.25) is 0 Å². The summed E-state index contributed by atoms with van der Waals surface area (Å²) >= 11 is 1.40. The molecule has 1 aliphatic heterocycles. The summed E-state index contributed by atoms with van der Waals surface area (Å²) in [4.78, 5) is 33.7. The molecule has 4 aromatic rings. The van der Waals surface area contributed by atoms with Crippen LogP contribution in [-0.4, -0.2) is 40.2 Å². The Hall–Kier alpha value is -3.91. The first-order valence-electron chi connectivity index (χ1n) is 12.8. The molecule has 0 bridgehead atoms. The van der Waals surface area contributed by atoms with Gasteiger partial charge in [0, 0.05) is 25.4 Å². The van der Waals surface area contributed by atoms with Gasteiger partial charge in [0.15, 0.2) is 0 Å². The maximum absolute atomic E-state index is 12.9. The molecule has 3 heterocycles. The van der Waals surface area contributed by atoms with Crippen molar-refractivity contribution < 1.29 is 18.7 Å². The average molecular weight is 530 g/mol. The van der Waals surface area contributed by atoms with Crippen molar-refractivity contribution in [2.24, 2.45) is 0 Å². The van der Waals surface area contributed by atoms with Crippen molar-refractivity contribution in [3.63, 3.8) is 0 Å². The maximum Gasteiger partial charge on any atom is 0.273 e. The van der Waals surface area contributed by atoms with E-state index in [0.29, 0.717) is 31.0 Å². The van der Waals surface area contributed by atoms with Crippen LogP contribution in [0.5, 0.6) is 5.75 Å². The Balaban J connectivity index is 1.32. The van der Waals surface area contributed by atoms with E-state index in [9.17, 15) is 9.59 Å². The highest BCUT2D eigenvalue weighted by Crippen LogP contribution is 2.37. The smallest absolute Gasteiger partial charge is 0.273 e. The van der Waals surface area contributed by atoms with Crippen molar-refractivity contribution in [3.8, 4) is 5.75 Å². The lowest BCUT2D eigenvalue weighted by Gasteiger charge is -2.38. The van der Waals surface area contributed by atoms with Gasteiger partial charge in [0.05, 0.1) is 18.8 Å². The number of nitrogens with zero attached hydrogens (tertiary/aromatic N) is 3. The van der Waals surface area contributed by atoms with E-state index in [0.717, 1.165) is 28.3 Å². The number of hydrogen-bond donors (Lipinski definition) is 0. The molecule has 1 unspecified atom stereocenters. The topological polar surface area (TPSA) is 75.9 Å². The van der Waals surface area contributed by atoms with Gasteiger partial charge in [-0.15, -0.1) is 11.3 Å². The number of rotatable bonds is 8. The Kier molecular flexibility index (Phi) is 7.60. The summed E-state index contributed by atoms with van der Waals surface area (Å²) < 4.78 is 11.5. The molecule has 38 heavy (non-hydrogen) atoms. The zero-order valence-electron chi connectivity index (χ0n) is 21.8. The number of aromatic nitrogens is 1. The molecule has 0 fully saturated rings. The van der Waals surface area contributed by atoms with Gasteiger partial charge in [-0.25, -0.2) is 4.98 Å². The van der Waals surface area contributed by atoms with E-state index in [1.165, 1.54) is 22.5 Å². The third-order valence-electron chi connectivity index (χ3n) is 6.81. The van der Waals surface area contributed by atoms with Gasteiger partial charge in [-0.3, -0.25) is 9.59 Å². The molecule has 5 rings (SSSR count). The highest BCUT2D eigenvalue weighted by Gasteiger charge is 2.31. The molecule has 1 atom stereocenters. The summed E-state index contributed by atoms with van der Waals surface area (Å²) in [6, 6.07) is 18.0. The third kappa shape index (κ3) is 5.50. The predicted octanol–water partition coefficient (Wildman–Crippen LogP) is 5.78. The molecule has 0 saturated carbocycles. The van der Waals surface area contributed by atoms with Gasteiger partial charge < -0.3 is 19.0 Å². The maximum atomic E-state index is 12.9. The second-order valence-corrected chi connectivity index (χ2v) is 10.5. The number of amides is 2. The van der Waals surface area contributed by atoms with Gasteiger partial charge in [0.25, 0.3) is 5.91 Å². The van der Waals surface area contributed by atoms with Crippen molar-refractivity contribution in [2.75, 3.05) is 13.6 Å². The van der Waals surface area contributed by atoms with Crippen LogP contribution in [0.25, 0.3) is 0 Å². The zero-order valence-corrected chi connectivity index (χ0v) is 22.7. The summed E-state index contributed by atoms with van der Waals surface area (Å²) in [5, 5.41) is 2.48. The van der Waals surface area contributed by atoms with Gasteiger partial charge in [-0.1, -0.05) is 42.8 Å². The molecule has 7 nitrogen and oxygen atoms in total. The number of ether oxygens (including phenoxy) is 1. The molecule has 1 aliphatic rings. The van der Waals surface area contributed by atoms with E-state index in [1.54, 1.807) is 29.7 Å². The van der Waals surface area contributed by atoms with Crippen molar-refractivity contribution in [2.45, 2.75) is 45.9 Å². The summed E-state index contributed by atoms with van der Waals surface area (Å²) in [5.41, 5.74) is 4.99. The Bertz CT molecular complexity index is 1410. The van der Waals surface area contributed by atoms with Crippen LogP contribution in [0.4, 0.5) is 0 Å². The van der Waals surface area contributed by atoms with E-state index in [1.807, 2.05) is 30.0 Å². The minimum atomic E-state index is -0.167. The molecule has 0 aliphatic carbocycles. The highest BCUT2D eigenvalue weighted by molar-refractivity contribution is 7.09. The second kappa shape index (κ2) is 11.2. The summed E-state index contributed by atoms with van der Waals surface area (Å²) in [6.07, 6.45) is 2.87. The van der Waals surface area contributed by atoms with Crippen molar-refractivity contribution >= 4 is 23.2 Å². The van der Waals surface area contributed by atoms with E-state index < -0.39 is 0 Å². The number of hydrogen-bond acceptors (Lipinski definition) is 6. The first-order chi connectivity index (χ1) is 18.4. The van der Waals surface area contributed by atoms with E-state index in [-0.39, 0.29) is 24.5 Å². The molecule has 2 amide bonds. The molecular formula is C30H31N3O4S. The van der Waals surface area contributed by atoms with Gasteiger partial charge in [-0.2, -0.15) is 0 Å². The first kappa shape index (κ1) is 25.7. The van der Waals surface area contributed by atoms with Crippen LogP contribution < -0.4 is 4.74 Å². The highest BCUT2D eigenvalue weighted by atomic mass is 32.1. The van der Waals surface area contributed by atoms with E-state index in [2.05, 4.69) is 42.2 Å². The van der Waals surface area contributed by atoms with Crippen molar-refractivity contribution in [1.82, 2.24) is 14.8 Å². The summed E-state index contributed by atoms with van der Waals surface area (Å²) in [7, 11) is 1.73. The Labute approximate surface area is 226 Å². The van der Waals surface area contributed by atoms with Crippen LogP contribution in [0, 0.1) is 6.92 Å². The largest absolute Gasteiger partial charge is 0.486 e. The second-order valence-electron chi connectivity index (χ2n) is 9.52. The Morgan fingerprint density at radius 2 is 2.00 bits per heavy atom.